The zero-order valence-corrected chi connectivity index (χ0v) is 14.0. The molecule has 0 spiro atoms. The summed E-state index contributed by atoms with van der Waals surface area (Å²) in [5.74, 6) is -0.825. The number of aryl methyl sites for hydroxylation is 2. The molecule has 5 heteroatoms. The number of hydrogen-bond donors (Lipinski definition) is 1. The Labute approximate surface area is 136 Å². The van der Waals surface area contributed by atoms with Crippen molar-refractivity contribution in [1.82, 2.24) is 9.47 Å². The number of rotatable bonds is 7. The normalized spacial score (nSPS) is 11.1. The molecule has 0 atom stereocenters. The molecule has 5 nitrogen and oxygen atoms in total. The van der Waals surface area contributed by atoms with Crippen LogP contribution in [0.5, 0.6) is 0 Å². The van der Waals surface area contributed by atoms with Gasteiger partial charge in [0, 0.05) is 37.1 Å². The molecule has 1 heterocycles. The highest BCUT2D eigenvalue weighted by molar-refractivity contribution is 5.85. The fraction of sp³-hybridized carbons (Fsp3) is 0.444. The molecule has 2 rings (SSSR count). The third-order valence-electron chi connectivity index (χ3n) is 3.85. The molecule has 0 aliphatic heterocycles. The van der Waals surface area contributed by atoms with Gasteiger partial charge in [-0.25, -0.2) is 0 Å². The number of benzene rings is 1. The Morgan fingerprint density at radius 3 is 2.61 bits per heavy atom. The first kappa shape index (κ1) is 17.1. The van der Waals surface area contributed by atoms with Crippen molar-refractivity contribution >= 4 is 22.8 Å². The predicted octanol–water partition coefficient (Wildman–Crippen LogP) is 2.68. The lowest BCUT2D eigenvalue weighted by atomic mass is 10.1. The summed E-state index contributed by atoms with van der Waals surface area (Å²) >= 11 is 0. The summed E-state index contributed by atoms with van der Waals surface area (Å²) < 4.78 is 2.05. The number of aliphatic carboxylic acids is 1. The van der Waals surface area contributed by atoms with Crippen molar-refractivity contribution in [2.45, 2.75) is 26.7 Å². The Morgan fingerprint density at radius 2 is 1.96 bits per heavy atom. The largest absolute Gasteiger partial charge is 0.480 e. The topological polar surface area (TPSA) is 62.5 Å². The summed E-state index contributed by atoms with van der Waals surface area (Å²) in [5.41, 5.74) is 2.26. The summed E-state index contributed by atoms with van der Waals surface area (Å²) in [5, 5.41) is 10.1. The van der Waals surface area contributed by atoms with Gasteiger partial charge in [-0.2, -0.15) is 0 Å². The van der Waals surface area contributed by atoms with Gasteiger partial charge in [0.25, 0.3) is 0 Å². The number of aromatic nitrogens is 1. The van der Waals surface area contributed by atoms with Crippen LogP contribution in [0.15, 0.2) is 30.5 Å². The van der Waals surface area contributed by atoms with E-state index in [2.05, 4.69) is 16.7 Å². The van der Waals surface area contributed by atoms with Crippen molar-refractivity contribution in [2.24, 2.45) is 13.0 Å². The van der Waals surface area contributed by atoms with Gasteiger partial charge in [-0.05, 0) is 24.0 Å². The van der Waals surface area contributed by atoms with Crippen molar-refractivity contribution in [3.8, 4) is 0 Å². The lowest BCUT2D eigenvalue weighted by Gasteiger charge is -2.22. The fourth-order valence-corrected chi connectivity index (χ4v) is 2.88. The summed E-state index contributed by atoms with van der Waals surface area (Å²) in [6, 6.07) is 8.09. The number of carbonyl (C=O) groups excluding carboxylic acids is 1. The van der Waals surface area contributed by atoms with E-state index in [0.29, 0.717) is 19.4 Å². The van der Waals surface area contributed by atoms with Crippen LogP contribution in [0, 0.1) is 5.92 Å². The second kappa shape index (κ2) is 7.31. The number of hydrogen-bond acceptors (Lipinski definition) is 2. The third-order valence-corrected chi connectivity index (χ3v) is 3.85. The molecule has 23 heavy (non-hydrogen) atoms. The van der Waals surface area contributed by atoms with Gasteiger partial charge < -0.3 is 14.6 Å². The Hall–Kier alpha value is -2.30. The molecule has 1 N–H and O–H groups in total. The highest BCUT2D eigenvalue weighted by Gasteiger charge is 2.18. The minimum atomic E-state index is -0.968. The molecule has 1 amide bonds. The van der Waals surface area contributed by atoms with Gasteiger partial charge in [0.2, 0.25) is 5.91 Å². The van der Waals surface area contributed by atoms with Crippen molar-refractivity contribution in [3.63, 3.8) is 0 Å². The Morgan fingerprint density at radius 1 is 1.26 bits per heavy atom. The molecule has 0 unspecified atom stereocenters. The highest BCUT2D eigenvalue weighted by Crippen LogP contribution is 2.21. The van der Waals surface area contributed by atoms with Gasteiger partial charge >= 0.3 is 5.97 Å². The van der Waals surface area contributed by atoms with E-state index >= 15 is 0 Å². The van der Waals surface area contributed by atoms with Gasteiger partial charge in [0.1, 0.15) is 6.54 Å². The van der Waals surface area contributed by atoms with E-state index in [1.54, 1.807) is 0 Å². The van der Waals surface area contributed by atoms with Crippen LogP contribution in [0.4, 0.5) is 0 Å². The molecule has 1 aromatic heterocycles. The van der Waals surface area contributed by atoms with Gasteiger partial charge in [-0.1, -0.05) is 32.0 Å². The predicted molar refractivity (Wildman–Crippen MR) is 90.3 cm³/mol. The monoisotopic (exact) mass is 316 g/mol. The quantitative estimate of drug-likeness (QED) is 0.854. The maximum absolute atomic E-state index is 12.4. The second-order valence-electron chi connectivity index (χ2n) is 6.34. The lowest BCUT2D eigenvalue weighted by molar-refractivity contribution is -0.144. The molecule has 0 fully saturated rings. The van der Waals surface area contributed by atoms with E-state index < -0.39 is 5.97 Å². The van der Waals surface area contributed by atoms with E-state index in [-0.39, 0.29) is 18.4 Å². The van der Waals surface area contributed by atoms with Gasteiger partial charge in [-0.3, -0.25) is 9.59 Å². The molecule has 2 aromatic rings. The van der Waals surface area contributed by atoms with E-state index in [9.17, 15) is 9.59 Å². The number of para-hydroxylation sites is 1. The zero-order valence-electron chi connectivity index (χ0n) is 14.0. The number of carboxylic acids is 1. The molecule has 1 aromatic carbocycles. The van der Waals surface area contributed by atoms with Crippen LogP contribution >= 0.6 is 0 Å². The van der Waals surface area contributed by atoms with E-state index in [1.165, 1.54) is 4.90 Å². The van der Waals surface area contributed by atoms with Crippen molar-refractivity contribution in [3.05, 3.63) is 36.0 Å². The number of carboxylic acid groups (broad SMARTS) is 1. The molecule has 0 bridgehead atoms. The van der Waals surface area contributed by atoms with Crippen molar-refractivity contribution < 1.29 is 14.7 Å². The Kier molecular flexibility index (Phi) is 5.42. The average molecular weight is 316 g/mol. The maximum Gasteiger partial charge on any atom is 0.323 e. The molecule has 0 radical (unpaired) electrons. The Balaban J connectivity index is 2.08. The van der Waals surface area contributed by atoms with Crippen molar-refractivity contribution in [2.75, 3.05) is 13.1 Å². The molecular formula is C18H24N2O3. The first-order valence-corrected chi connectivity index (χ1v) is 7.91. The van der Waals surface area contributed by atoms with Crippen LogP contribution in [0.25, 0.3) is 10.9 Å². The molecule has 0 saturated carbocycles. The fourth-order valence-electron chi connectivity index (χ4n) is 2.88. The number of amides is 1. The minimum Gasteiger partial charge on any atom is -0.480 e. The van der Waals surface area contributed by atoms with Gasteiger partial charge in [0.05, 0.1) is 0 Å². The summed E-state index contributed by atoms with van der Waals surface area (Å²) in [4.78, 5) is 24.8. The number of carbonyl (C=O) groups is 2. The first-order valence-electron chi connectivity index (χ1n) is 7.91. The summed E-state index contributed by atoms with van der Waals surface area (Å²) in [7, 11) is 1.99. The van der Waals surface area contributed by atoms with Gasteiger partial charge in [0.15, 0.2) is 0 Å². The van der Waals surface area contributed by atoms with Crippen LogP contribution in [0.1, 0.15) is 25.8 Å². The standard InChI is InChI=1S/C18H24N2O3/c1-13(2)10-20(12-18(22)23)17(21)9-8-14-11-19(3)16-7-5-4-6-15(14)16/h4-7,11,13H,8-10,12H2,1-3H3,(H,22,23). The van der Waals surface area contributed by atoms with Crippen LogP contribution in [0.2, 0.25) is 0 Å². The summed E-state index contributed by atoms with van der Waals surface area (Å²) in [6.45, 7) is 4.20. The zero-order chi connectivity index (χ0) is 17.0. The number of fused-ring (bicyclic) bond motifs is 1. The molecule has 0 aliphatic rings. The van der Waals surface area contributed by atoms with Gasteiger partial charge in [-0.15, -0.1) is 0 Å². The van der Waals surface area contributed by atoms with Crippen molar-refractivity contribution in [1.29, 1.82) is 0 Å². The molecule has 0 saturated heterocycles. The van der Waals surface area contributed by atoms with Crippen LogP contribution in [-0.2, 0) is 23.1 Å². The molecular weight excluding hydrogens is 292 g/mol. The van der Waals surface area contributed by atoms with E-state index in [0.717, 1.165) is 16.5 Å². The minimum absolute atomic E-state index is 0.103. The lowest BCUT2D eigenvalue weighted by Crippen LogP contribution is -2.38. The maximum atomic E-state index is 12.4. The Bertz CT molecular complexity index is 703. The second-order valence-corrected chi connectivity index (χ2v) is 6.34. The smallest absolute Gasteiger partial charge is 0.323 e. The average Bonchev–Trinajstić information content (AvgIpc) is 2.80. The number of nitrogens with zero attached hydrogens (tertiary/aromatic N) is 2. The van der Waals surface area contributed by atoms with Crippen LogP contribution in [0.3, 0.4) is 0 Å². The first-order chi connectivity index (χ1) is 10.9. The highest BCUT2D eigenvalue weighted by atomic mass is 16.4. The van der Waals surface area contributed by atoms with E-state index in [4.69, 9.17) is 5.11 Å². The van der Waals surface area contributed by atoms with Crippen LogP contribution < -0.4 is 0 Å². The van der Waals surface area contributed by atoms with Crippen LogP contribution in [-0.4, -0.2) is 39.5 Å². The summed E-state index contributed by atoms with van der Waals surface area (Å²) in [6.07, 6.45) is 2.99. The van der Waals surface area contributed by atoms with E-state index in [1.807, 2.05) is 39.2 Å². The third kappa shape index (κ3) is 4.34. The molecule has 124 valence electrons. The molecule has 0 aliphatic carbocycles. The SMILES string of the molecule is CC(C)CN(CC(=O)O)C(=O)CCc1cn(C)c2ccccc12.